The van der Waals surface area contributed by atoms with Gasteiger partial charge in [0.25, 0.3) is 10.0 Å². The average Bonchev–Trinajstić information content (AvgIpc) is 3.77. The highest BCUT2D eigenvalue weighted by molar-refractivity contribution is 7.92. The van der Waals surface area contributed by atoms with Crippen molar-refractivity contribution in [3.05, 3.63) is 102 Å². The number of carbonyl (C=O) groups excluding carboxylic acids is 1. The molecular formula is C33H32N6O5S. The lowest BCUT2D eigenvalue weighted by Gasteiger charge is -2.21. The third-order valence-electron chi connectivity index (χ3n) is 7.91. The first-order valence-electron chi connectivity index (χ1n) is 14.3. The van der Waals surface area contributed by atoms with Crippen molar-refractivity contribution < 1.29 is 22.2 Å². The summed E-state index contributed by atoms with van der Waals surface area (Å²) in [5.74, 6) is 1.23. The molecule has 0 fully saturated rings. The maximum Gasteiger partial charge on any atom is 0.264 e. The number of anilines is 1. The molecule has 1 N–H and O–H groups in total. The lowest BCUT2D eigenvalue weighted by atomic mass is 9.96. The van der Waals surface area contributed by atoms with Crippen LogP contribution in [0.15, 0.2) is 93.0 Å². The van der Waals surface area contributed by atoms with Crippen LogP contribution in [0.4, 0.5) is 5.88 Å². The van der Waals surface area contributed by atoms with Crippen molar-refractivity contribution in [1.82, 2.24) is 24.6 Å². The van der Waals surface area contributed by atoms with Crippen molar-refractivity contribution in [2.45, 2.75) is 38.1 Å². The zero-order valence-electron chi connectivity index (χ0n) is 25.3. The van der Waals surface area contributed by atoms with Crippen molar-refractivity contribution >= 4 is 32.8 Å². The lowest BCUT2D eigenvalue weighted by molar-refractivity contribution is -0.130. The maximum atomic E-state index is 13.7. The molecule has 0 unspecified atom stereocenters. The Morgan fingerprint density at radius 3 is 2.53 bits per heavy atom. The molecule has 0 atom stereocenters. The summed E-state index contributed by atoms with van der Waals surface area (Å²) in [5.41, 5.74) is 5.63. The molecule has 0 radical (unpaired) electrons. The second-order valence-corrected chi connectivity index (χ2v) is 12.5. The fraction of sp³-hybridized carbons (Fsp3) is 0.212. The second-order valence-electron chi connectivity index (χ2n) is 10.9. The molecule has 0 aliphatic rings. The summed E-state index contributed by atoms with van der Waals surface area (Å²) in [6.07, 6.45) is 3.78. The normalized spacial score (nSPS) is 11.6. The Morgan fingerprint density at radius 1 is 1.02 bits per heavy atom. The molecule has 3 aromatic carbocycles. The van der Waals surface area contributed by atoms with Crippen LogP contribution in [0.25, 0.3) is 33.6 Å². The molecular weight excluding hydrogens is 592 g/mol. The molecule has 230 valence electrons. The van der Waals surface area contributed by atoms with Gasteiger partial charge in [0.1, 0.15) is 12.1 Å². The summed E-state index contributed by atoms with van der Waals surface area (Å²) in [6.45, 7) is 3.69. The largest absolute Gasteiger partial charge is 0.445 e. The molecule has 12 heteroatoms. The van der Waals surface area contributed by atoms with Crippen molar-refractivity contribution in [2.75, 3.05) is 11.8 Å². The molecule has 0 aliphatic heterocycles. The van der Waals surface area contributed by atoms with Crippen LogP contribution in [-0.2, 0) is 34.8 Å². The summed E-state index contributed by atoms with van der Waals surface area (Å²) in [5, 5.41) is 3.86. The number of nitrogens with one attached hydrogen (secondary N) is 1. The first-order valence-corrected chi connectivity index (χ1v) is 15.8. The van der Waals surface area contributed by atoms with Crippen LogP contribution in [0, 0.1) is 13.8 Å². The summed E-state index contributed by atoms with van der Waals surface area (Å²) >= 11 is 0. The topological polar surface area (TPSA) is 136 Å². The van der Waals surface area contributed by atoms with Gasteiger partial charge in [0, 0.05) is 50.2 Å². The molecule has 0 aliphatic carbocycles. The van der Waals surface area contributed by atoms with E-state index >= 15 is 0 Å². The van der Waals surface area contributed by atoms with Gasteiger partial charge in [-0.25, -0.2) is 23.1 Å². The number of carbonyl (C=O) groups is 1. The summed E-state index contributed by atoms with van der Waals surface area (Å²) in [4.78, 5) is 24.1. The van der Waals surface area contributed by atoms with Crippen LogP contribution in [-0.4, -0.2) is 46.0 Å². The first-order chi connectivity index (χ1) is 21.6. The number of aromatic nitrogens is 4. The molecule has 3 aromatic heterocycles. The van der Waals surface area contributed by atoms with E-state index in [2.05, 4.69) is 14.9 Å². The smallest absolute Gasteiger partial charge is 0.264 e. The van der Waals surface area contributed by atoms with Gasteiger partial charge in [-0.05, 0) is 55.3 Å². The summed E-state index contributed by atoms with van der Waals surface area (Å²) in [7, 11) is -0.392. The van der Waals surface area contributed by atoms with Gasteiger partial charge in [-0.3, -0.25) is 4.79 Å². The fourth-order valence-electron chi connectivity index (χ4n) is 5.27. The van der Waals surface area contributed by atoms with Crippen LogP contribution in [0.3, 0.4) is 0 Å². The first kappa shape index (κ1) is 29.8. The highest BCUT2D eigenvalue weighted by Crippen LogP contribution is 2.35. The predicted octanol–water partition coefficient (Wildman–Crippen LogP) is 5.89. The number of oxazole rings is 1. The maximum absolute atomic E-state index is 13.7. The summed E-state index contributed by atoms with van der Waals surface area (Å²) in [6, 6.07) is 20.1. The molecule has 6 rings (SSSR count). The average molecular weight is 625 g/mol. The van der Waals surface area contributed by atoms with E-state index in [4.69, 9.17) is 13.9 Å². The van der Waals surface area contributed by atoms with E-state index in [9.17, 15) is 13.2 Å². The number of amides is 1. The number of imidazole rings is 1. The van der Waals surface area contributed by atoms with Crippen molar-refractivity contribution in [3.8, 4) is 22.6 Å². The number of nitrogens with zero attached hydrogens (tertiary/aromatic N) is 5. The SMILES string of the molecule is Cc1noc(NS(=O)(=O)c2ccccc2-c2ccc(-c3ncco3)cc2CN(C)C(=O)CCc2nc3ccccc3n2C)c1C. The fourth-order valence-corrected chi connectivity index (χ4v) is 6.54. The van der Waals surface area contributed by atoms with E-state index in [-0.39, 0.29) is 29.7 Å². The van der Waals surface area contributed by atoms with E-state index < -0.39 is 10.0 Å². The van der Waals surface area contributed by atoms with E-state index in [1.165, 1.54) is 12.3 Å². The molecule has 3 heterocycles. The van der Waals surface area contributed by atoms with Gasteiger partial charge < -0.3 is 18.4 Å². The molecule has 0 spiro atoms. The van der Waals surface area contributed by atoms with Gasteiger partial charge in [0.15, 0.2) is 0 Å². The Morgan fingerprint density at radius 2 is 1.80 bits per heavy atom. The number of hydrogen-bond acceptors (Lipinski definition) is 8. The van der Waals surface area contributed by atoms with Crippen LogP contribution in [0.1, 0.15) is 29.1 Å². The second kappa shape index (κ2) is 12.0. The van der Waals surface area contributed by atoms with Gasteiger partial charge in [0.2, 0.25) is 17.7 Å². The Labute approximate surface area is 260 Å². The summed E-state index contributed by atoms with van der Waals surface area (Å²) < 4.78 is 42.6. The number of fused-ring (bicyclic) bond motifs is 1. The van der Waals surface area contributed by atoms with Crippen LogP contribution >= 0.6 is 0 Å². The number of para-hydroxylation sites is 2. The molecule has 45 heavy (non-hydrogen) atoms. The highest BCUT2D eigenvalue weighted by atomic mass is 32.2. The highest BCUT2D eigenvalue weighted by Gasteiger charge is 2.25. The number of benzene rings is 3. The molecule has 0 saturated heterocycles. The van der Waals surface area contributed by atoms with Crippen molar-refractivity contribution in [3.63, 3.8) is 0 Å². The minimum Gasteiger partial charge on any atom is -0.445 e. The Balaban J connectivity index is 1.31. The number of sulfonamides is 1. The van der Waals surface area contributed by atoms with Crippen LogP contribution in [0.2, 0.25) is 0 Å². The monoisotopic (exact) mass is 624 g/mol. The number of hydrogen-bond donors (Lipinski definition) is 1. The lowest BCUT2D eigenvalue weighted by Crippen LogP contribution is -2.27. The Bertz CT molecular complexity index is 2110. The van der Waals surface area contributed by atoms with Crippen LogP contribution in [0.5, 0.6) is 0 Å². The molecule has 11 nitrogen and oxygen atoms in total. The molecule has 1 amide bonds. The molecule has 6 aromatic rings. The van der Waals surface area contributed by atoms with Gasteiger partial charge in [-0.15, -0.1) is 0 Å². The molecule has 0 bridgehead atoms. The number of aryl methyl sites for hydroxylation is 3. The predicted molar refractivity (Wildman–Crippen MR) is 170 cm³/mol. The van der Waals surface area contributed by atoms with Crippen molar-refractivity contribution in [1.29, 1.82) is 0 Å². The third kappa shape index (κ3) is 5.96. The molecule has 0 saturated carbocycles. The van der Waals surface area contributed by atoms with E-state index in [1.807, 2.05) is 54.1 Å². The van der Waals surface area contributed by atoms with Gasteiger partial charge in [0.05, 0.1) is 27.8 Å². The Hall–Kier alpha value is -5.23. The van der Waals surface area contributed by atoms with E-state index in [0.29, 0.717) is 40.3 Å². The van der Waals surface area contributed by atoms with Gasteiger partial charge in [-0.2, -0.15) is 0 Å². The zero-order chi connectivity index (χ0) is 31.7. The van der Waals surface area contributed by atoms with Crippen molar-refractivity contribution in [2.24, 2.45) is 7.05 Å². The van der Waals surface area contributed by atoms with E-state index in [1.54, 1.807) is 50.2 Å². The third-order valence-corrected chi connectivity index (χ3v) is 9.30. The Kier molecular flexibility index (Phi) is 7.98. The van der Waals surface area contributed by atoms with Gasteiger partial charge >= 0.3 is 0 Å². The quantitative estimate of drug-likeness (QED) is 0.199. The zero-order valence-corrected chi connectivity index (χ0v) is 26.1. The number of rotatable bonds is 10. The van der Waals surface area contributed by atoms with E-state index in [0.717, 1.165) is 22.4 Å². The minimum atomic E-state index is -4.08. The minimum absolute atomic E-state index is 0.0550. The van der Waals surface area contributed by atoms with Crippen LogP contribution < -0.4 is 4.72 Å². The van der Waals surface area contributed by atoms with Gasteiger partial charge in [-0.1, -0.05) is 41.6 Å². The standard InChI is InChI=1S/C33H32N6O5S/c1-21-22(2)36-44-32(21)37-45(41,42)29-12-8-5-9-26(29)25-14-13-23(33-34-17-18-43-33)19-24(25)20-38(3)31(40)16-15-30-35-27-10-6-7-11-28(27)39(30)4/h5-14,17-19,37H,15-16,20H2,1-4H3.